The van der Waals surface area contributed by atoms with Crippen molar-refractivity contribution in [2.24, 2.45) is 0 Å². The molecule has 1 nitrogen and oxygen atoms in total. The predicted octanol–water partition coefficient (Wildman–Crippen LogP) is 1.78. The van der Waals surface area contributed by atoms with E-state index in [2.05, 4.69) is 6.26 Å². The maximum absolute atomic E-state index is 4.90. The maximum Gasteiger partial charge on any atom is 0.0503 e. The number of hydrogen-bond acceptors (Lipinski definition) is 3. The van der Waals surface area contributed by atoms with Gasteiger partial charge in [-0.05, 0) is 24.7 Å². The van der Waals surface area contributed by atoms with Crippen LogP contribution in [0.15, 0.2) is 0 Å². The molecular weight excluding hydrogens is 140 g/mol. The fourth-order valence-electron chi connectivity index (χ4n) is 0.623. The highest BCUT2D eigenvalue weighted by atomic mass is 32.2. The molecule has 0 aliphatic heterocycles. The molecule has 0 aromatic carbocycles. The Balaban J connectivity index is 1.99. The first-order valence-corrected chi connectivity index (χ1v) is 4.70. The molecule has 0 amide bonds. The molecule has 0 N–H and O–H groups in total. The van der Waals surface area contributed by atoms with E-state index in [1.54, 1.807) is 19.2 Å². The minimum Gasteiger partial charge on any atom is -0.318 e. The molecule has 3 heteroatoms. The van der Waals surface area contributed by atoms with Gasteiger partial charge in [0.15, 0.2) is 0 Å². The lowest BCUT2D eigenvalue weighted by Crippen LogP contribution is -1.80. The molecule has 1 saturated carbocycles. The molecule has 48 valence electrons. The minimum atomic E-state index is 0.787. The van der Waals surface area contributed by atoms with Crippen molar-refractivity contribution in [1.29, 1.82) is 0 Å². The van der Waals surface area contributed by atoms with E-state index in [4.69, 9.17) is 4.18 Å². The molecule has 0 aromatic heterocycles. The Morgan fingerprint density at radius 2 is 2.25 bits per heavy atom. The van der Waals surface area contributed by atoms with Crippen LogP contribution in [0, 0.1) is 0 Å². The second-order valence-corrected chi connectivity index (χ2v) is 4.02. The summed E-state index contributed by atoms with van der Waals surface area (Å²) in [6, 6.07) is 0. The summed E-state index contributed by atoms with van der Waals surface area (Å²) in [4.78, 5) is 0. The van der Waals surface area contributed by atoms with Gasteiger partial charge in [-0.3, -0.25) is 0 Å². The van der Waals surface area contributed by atoms with Crippen LogP contribution >= 0.6 is 23.8 Å². The van der Waals surface area contributed by atoms with Crippen LogP contribution in [-0.4, -0.2) is 23.9 Å². The summed E-state index contributed by atoms with van der Waals surface area (Å²) in [5.41, 5.74) is 0. The Labute approximate surface area is 58.8 Å². The van der Waals surface area contributed by atoms with Gasteiger partial charge in [-0.2, -0.15) is 11.8 Å². The van der Waals surface area contributed by atoms with Crippen LogP contribution in [0.5, 0.6) is 0 Å². The van der Waals surface area contributed by atoms with E-state index >= 15 is 0 Å². The molecular formula is C5H10OS2. The van der Waals surface area contributed by atoms with Gasteiger partial charge in [-0.25, -0.2) is 0 Å². The van der Waals surface area contributed by atoms with E-state index < -0.39 is 0 Å². The maximum atomic E-state index is 4.90. The first-order chi connectivity index (χ1) is 3.88. The van der Waals surface area contributed by atoms with Crippen molar-refractivity contribution < 1.29 is 4.18 Å². The molecule has 2 unspecified atom stereocenters. The topological polar surface area (TPSA) is 9.23 Å². The zero-order valence-electron chi connectivity index (χ0n) is 5.09. The van der Waals surface area contributed by atoms with Crippen molar-refractivity contribution >= 4 is 23.8 Å². The van der Waals surface area contributed by atoms with Gasteiger partial charge in [-0.1, -0.05) is 0 Å². The van der Waals surface area contributed by atoms with Crippen molar-refractivity contribution in [3.8, 4) is 0 Å². The summed E-state index contributed by atoms with van der Waals surface area (Å²) in [6.07, 6.45) is 3.49. The average Bonchev–Trinajstić information content (AvgIpc) is 2.48. The van der Waals surface area contributed by atoms with E-state index in [9.17, 15) is 0 Å². The minimum absolute atomic E-state index is 0.787. The van der Waals surface area contributed by atoms with Gasteiger partial charge in [-0.15, -0.1) is 0 Å². The number of thioether (sulfide) groups is 1. The van der Waals surface area contributed by atoms with Crippen molar-refractivity contribution in [1.82, 2.24) is 0 Å². The lowest BCUT2D eigenvalue weighted by Gasteiger charge is -1.90. The summed E-state index contributed by atoms with van der Waals surface area (Å²) < 4.78 is 4.90. The Bertz CT molecular complexity index is 76.8. The SMILES string of the molecule is COSC1CC1SC. The number of hydrogen-bond donors (Lipinski definition) is 0. The zero-order chi connectivity index (χ0) is 5.98. The lowest BCUT2D eigenvalue weighted by molar-refractivity contribution is 0.489. The summed E-state index contributed by atoms with van der Waals surface area (Å²) in [6.45, 7) is 0. The van der Waals surface area contributed by atoms with Gasteiger partial charge < -0.3 is 4.18 Å². The van der Waals surface area contributed by atoms with E-state index in [0.29, 0.717) is 0 Å². The van der Waals surface area contributed by atoms with Crippen LogP contribution in [0.25, 0.3) is 0 Å². The molecule has 0 radical (unpaired) electrons. The highest BCUT2D eigenvalue weighted by Crippen LogP contribution is 2.42. The third-order valence-electron chi connectivity index (χ3n) is 1.20. The molecule has 1 aliphatic rings. The highest BCUT2D eigenvalue weighted by Gasteiger charge is 2.37. The van der Waals surface area contributed by atoms with Crippen molar-refractivity contribution in [2.45, 2.75) is 16.9 Å². The van der Waals surface area contributed by atoms with Crippen LogP contribution in [0.3, 0.4) is 0 Å². The smallest absolute Gasteiger partial charge is 0.0503 e. The van der Waals surface area contributed by atoms with Crippen LogP contribution in [-0.2, 0) is 4.18 Å². The summed E-state index contributed by atoms with van der Waals surface area (Å²) >= 11 is 3.55. The van der Waals surface area contributed by atoms with Crippen LogP contribution in [0.1, 0.15) is 6.42 Å². The van der Waals surface area contributed by atoms with Gasteiger partial charge in [0, 0.05) is 10.5 Å². The number of rotatable bonds is 3. The van der Waals surface area contributed by atoms with E-state index in [-0.39, 0.29) is 0 Å². The van der Waals surface area contributed by atoms with Gasteiger partial charge in [0.25, 0.3) is 0 Å². The Morgan fingerprint density at radius 1 is 1.50 bits per heavy atom. The Kier molecular flexibility index (Phi) is 2.53. The largest absolute Gasteiger partial charge is 0.318 e. The summed E-state index contributed by atoms with van der Waals surface area (Å²) in [5.74, 6) is 0. The Hall–Kier alpha value is 0.660. The highest BCUT2D eigenvalue weighted by molar-refractivity contribution is 8.02. The fourth-order valence-corrected chi connectivity index (χ4v) is 2.57. The molecule has 0 aromatic rings. The van der Waals surface area contributed by atoms with Crippen molar-refractivity contribution in [3.05, 3.63) is 0 Å². The third kappa shape index (κ3) is 1.57. The van der Waals surface area contributed by atoms with Crippen LogP contribution in [0.2, 0.25) is 0 Å². The standard InChI is InChI=1S/C5H10OS2/c1-6-8-5-3-4(5)7-2/h4-5H,3H2,1-2H3. The fraction of sp³-hybridized carbons (Fsp3) is 1.00. The first-order valence-electron chi connectivity index (χ1n) is 2.60. The monoisotopic (exact) mass is 150 g/mol. The quantitative estimate of drug-likeness (QED) is 0.568. The van der Waals surface area contributed by atoms with E-state index in [1.165, 1.54) is 6.42 Å². The zero-order valence-corrected chi connectivity index (χ0v) is 6.72. The molecule has 0 saturated heterocycles. The molecule has 1 rings (SSSR count). The average molecular weight is 150 g/mol. The molecule has 0 bridgehead atoms. The van der Waals surface area contributed by atoms with E-state index in [0.717, 1.165) is 10.5 Å². The second-order valence-electron chi connectivity index (χ2n) is 1.81. The summed E-state index contributed by atoms with van der Waals surface area (Å²) in [7, 11) is 1.74. The van der Waals surface area contributed by atoms with Crippen molar-refractivity contribution in [2.75, 3.05) is 13.4 Å². The molecule has 8 heavy (non-hydrogen) atoms. The normalized spacial score (nSPS) is 35.2. The first kappa shape index (κ1) is 6.78. The summed E-state index contributed by atoms with van der Waals surface area (Å²) in [5, 5.41) is 1.66. The molecule has 1 aliphatic carbocycles. The molecule has 2 atom stereocenters. The van der Waals surface area contributed by atoms with Crippen LogP contribution in [0.4, 0.5) is 0 Å². The molecule has 1 fully saturated rings. The second kappa shape index (κ2) is 2.99. The Morgan fingerprint density at radius 3 is 2.62 bits per heavy atom. The van der Waals surface area contributed by atoms with Crippen LogP contribution < -0.4 is 0 Å². The molecule has 0 heterocycles. The van der Waals surface area contributed by atoms with Gasteiger partial charge in [0.05, 0.1) is 7.11 Å². The third-order valence-corrected chi connectivity index (χ3v) is 3.46. The molecule has 0 spiro atoms. The predicted molar refractivity (Wildman–Crippen MR) is 40.3 cm³/mol. The lowest BCUT2D eigenvalue weighted by atomic mass is 11.0. The van der Waals surface area contributed by atoms with Crippen molar-refractivity contribution in [3.63, 3.8) is 0 Å². The van der Waals surface area contributed by atoms with Gasteiger partial charge in [0.2, 0.25) is 0 Å². The van der Waals surface area contributed by atoms with Gasteiger partial charge >= 0.3 is 0 Å². The van der Waals surface area contributed by atoms with Gasteiger partial charge in [0.1, 0.15) is 0 Å². The van der Waals surface area contributed by atoms with E-state index in [1.807, 2.05) is 11.8 Å².